The first-order valence-electron chi connectivity index (χ1n) is 9.70. The number of nitrogens with zero attached hydrogens (tertiary/aromatic N) is 3. The van der Waals surface area contributed by atoms with Crippen molar-refractivity contribution in [2.24, 2.45) is 17.8 Å². The summed E-state index contributed by atoms with van der Waals surface area (Å²) in [4.78, 5) is 7.11. The molecule has 0 aromatic rings. The Kier molecular flexibility index (Phi) is 7.80. The second-order valence-electron chi connectivity index (χ2n) is 8.59. The fourth-order valence-electron chi connectivity index (χ4n) is 4.59. The molecule has 3 atom stereocenters. The third-order valence-electron chi connectivity index (χ3n) is 5.78. The molecular formula is C19H39N3O. The summed E-state index contributed by atoms with van der Waals surface area (Å²) in [7, 11) is 4.34. The number of hydrogen-bond acceptors (Lipinski definition) is 4. The molecule has 1 N–H and O–H groups in total. The average Bonchev–Trinajstić information content (AvgIpc) is 2.46. The molecule has 1 saturated heterocycles. The highest BCUT2D eigenvalue weighted by Gasteiger charge is 2.24. The van der Waals surface area contributed by atoms with E-state index in [0.29, 0.717) is 0 Å². The van der Waals surface area contributed by atoms with E-state index in [0.717, 1.165) is 63.6 Å². The summed E-state index contributed by atoms with van der Waals surface area (Å²) in [5.41, 5.74) is 0. The Hall–Kier alpha value is -0.160. The Morgan fingerprint density at radius 2 is 1.65 bits per heavy atom. The van der Waals surface area contributed by atoms with Crippen LogP contribution >= 0.6 is 0 Å². The molecule has 0 radical (unpaired) electrons. The van der Waals surface area contributed by atoms with Gasteiger partial charge in [0.2, 0.25) is 0 Å². The number of rotatable bonds is 7. The Balaban J connectivity index is 1.61. The van der Waals surface area contributed by atoms with Gasteiger partial charge >= 0.3 is 0 Å². The molecule has 0 bridgehead atoms. The van der Waals surface area contributed by atoms with Gasteiger partial charge in [-0.2, -0.15) is 0 Å². The molecule has 1 aliphatic heterocycles. The molecule has 2 rings (SSSR count). The maximum Gasteiger partial charge on any atom is 0.0793 e. The second-order valence-corrected chi connectivity index (χ2v) is 8.59. The van der Waals surface area contributed by atoms with Crippen molar-refractivity contribution in [1.29, 1.82) is 0 Å². The van der Waals surface area contributed by atoms with Crippen LogP contribution in [0.25, 0.3) is 0 Å². The van der Waals surface area contributed by atoms with E-state index in [1.807, 2.05) is 0 Å². The molecule has 0 aromatic carbocycles. The lowest BCUT2D eigenvalue weighted by Crippen LogP contribution is -2.48. The van der Waals surface area contributed by atoms with E-state index in [9.17, 15) is 5.11 Å². The van der Waals surface area contributed by atoms with Crippen molar-refractivity contribution in [1.82, 2.24) is 14.7 Å². The van der Waals surface area contributed by atoms with Crippen LogP contribution in [0.5, 0.6) is 0 Å². The maximum absolute atomic E-state index is 10.4. The predicted octanol–water partition coefficient (Wildman–Crippen LogP) is 1.99. The largest absolute Gasteiger partial charge is 0.390 e. The molecule has 0 amide bonds. The first-order valence-corrected chi connectivity index (χ1v) is 9.70. The van der Waals surface area contributed by atoms with Gasteiger partial charge in [-0.3, -0.25) is 4.90 Å². The molecule has 1 saturated carbocycles. The minimum absolute atomic E-state index is 0.215. The molecular weight excluding hydrogens is 286 g/mol. The topological polar surface area (TPSA) is 30.0 Å². The highest BCUT2D eigenvalue weighted by molar-refractivity contribution is 4.77. The summed E-state index contributed by atoms with van der Waals surface area (Å²) in [5.74, 6) is 2.69. The predicted molar refractivity (Wildman–Crippen MR) is 97.7 cm³/mol. The second kappa shape index (κ2) is 9.36. The lowest BCUT2D eigenvalue weighted by molar-refractivity contribution is 0.0585. The standard InChI is InChI=1S/C19H39N3O/c1-16-11-17(2)13-18(12-16)5-6-21(4)14-19(23)15-22-9-7-20(3)8-10-22/h16-19,23H,5-15H2,1-4H3. The lowest BCUT2D eigenvalue weighted by atomic mass is 9.75. The van der Waals surface area contributed by atoms with E-state index in [2.05, 4.69) is 42.6 Å². The van der Waals surface area contributed by atoms with Crippen molar-refractivity contribution in [3.05, 3.63) is 0 Å². The molecule has 0 aromatic heterocycles. The number of piperazine rings is 1. The van der Waals surface area contributed by atoms with Gasteiger partial charge in [0.05, 0.1) is 6.10 Å². The number of hydrogen-bond donors (Lipinski definition) is 1. The highest BCUT2D eigenvalue weighted by Crippen LogP contribution is 2.34. The molecule has 1 aliphatic carbocycles. The third kappa shape index (κ3) is 7.08. The van der Waals surface area contributed by atoms with E-state index < -0.39 is 0 Å². The first kappa shape index (κ1) is 19.2. The van der Waals surface area contributed by atoms with Crippen LogP contribution in [0.15, 0.2) is 0 Å². The van der Waals surface area contributed by atoms with Crippen LogP contribution in [0.3, 0.4) is 0 Å². The third-order valence-corrected chi connectivity index (χ3v) is 5.78. The minimum atomic E-state index is -0.215. The Morgan fingerprint density at radius 1 is 1.04 bits per heavy atom. The normalized spacial score (nSPS) is 32.3. The summed E-state index contributed by atoms with van der Waals surface area (Å²) in [6.07, 6.45) is 5.31. The van der Waals surface area contributed by atoms with Gasteiger partial charge in [-0.05, 0) is 64.1 Å². The van der Waals surface area contributed by atoms with Crippen molar-refractivity contribution in [3.63, 3.8) is 0 Å². The van der Waals surface area contributed by atoms with Gasteiger partial charge in [-0.1, -0.05) is 13.8 Å². The van der Waals surface area contributed by atoms with Gasteiger partial charge in [0.1, 0.15) is 0 Å². The van der Waals surface area contributed by atoms with Crippen LogP contribution < -0.4 is 0 Å². The number of aliphatic hydroxyl groups is 1. The fourth-order valence-corrected chi connectivity index (χ4v) is 4.59. The zero-order chi connectivity index (χ0) is 16.8. The van der Waals surface area contributed by atoms with Crippen molar-refractivity contribution in [3.8, 4) is 0 Å². The fraction of sp³-hybridized carbons (Fsp3) is 1.00. The number of aliphatic hydroxyl groups excluding tert-OH is 1. The van der Waals surface area contributed by atoms with E-state index in [4.69, 9.17) is 0 Å². The van der Waals surface area contributed by atoms with Crippen LogP contribution in [0.2, 0.25) is 0 Å². The van der Waals surface area contributed by atoms with Gasteiger partial charge in [-0.25, -0.2) is 0 Å². The van der Waals surface area contributed by atoms with E-state index in [1.54, 1.807) is 0 Å². The van der Waals surface area contributed by atoms with Crippen LogP contribution in [-0.4, -0.2) is 85.8 Å². The van der Waals surface area contributed by atoms with Gasteiger partial charge < -0.3 is 14.9 Å². The summed E-state index contributed by atoms with van der Waals surface area (Å²) in [6, 6.07) is 0. The lowest BCUT2D eigenvalue weighted by Gasteiger charge is -2.35. The van der Waals surface area contributed by atoms with Gasteiger partial charge in [0.25, 0.3) is 0 Å². The minimum Gasteiger partial charge on any atom is -0.390 e. The van der Waals surface area contributed by atoms with Crippen molar-refractivity contribution in [2.45, 2.75) is 45.6 Å². The molecule has 2 fully saturated rings. The molecule has 2 aliphatic rings. The summed E-state index contributed by atoms with van der Waals surface area (Å²) < 4.78 is 0. The van der Waals surface area contributed by atoms with Gasteiger partial charge in [0, 0.05) is 39.3 Å². The quantitative estimate of drug-likeness (QED) is 0.775. The van der Waals surface area contributed by atoms with E-state index in [-0.39, 0.29) is 6.10 Å². The Morgan fingerprint density at radius 3 is 2.26 bits per heavy atom. The van der Waals surface area contributed by atoms with Crippen molar-refractivity contribution >= 4 is 0 Å². The summed E-state index contributed by atoms with van der Waals surface area (Å²) in [5, 5.41) is 10.4. The molecule has 136 valence electrons. The number of β-amino-alcohol motifs (C(OH)–C–C–N with tert-alkyl or cyclic N) is 1. The van der Waals surface area contributed by atoms with Crippen LogP contribution in [0, 0.1) is 17.8 Å². The van der Waals surface area contributed by atoms with Crippen molar-refractivity contribution in [2.75, 3.05) is 59.9 Å². The Labute approximate surface area is 143 Å². The summed E-state index contributed by atoms with van der Waals surface area (Å²) >= 11 is 0. The van der Waals surface area contributed by atoms with E-state index in [1.165, 1.54) is 25.7 Å². The summed E-state index contributed by atoms with van der Waals surface area (Å²) in [6.45, 7) is 12.0. The molecule has 3 unspecified atom stereocenters. The van der Waals surface area contributed by atoms with E-state index >= 15 is 0 Å². The monoisotopic (exact) mass is 325 g/mol. The maximum atomic E-state index is 10.4. The number of likely N-dealkylation sites (N-methyl/N-ethyl adjacent to an activating group) is 2. The van der Waals surface area contributed by atoms with Gasteiger partial charge in [0.15, 0.2) is 0 Å². The molecule has 1 heterocycles. The van der Waals surface area contributed by atoms with Crippen LogP contribution in [0.4, 0.5) is 0 Å². The molecule has 23 heavy (non-hydrogen) atoms. The van der Waals surface area contributed by atoms with Gasteiger partial charge in [-0.15, -0.1) is 0 Å². The average molecular weight is 326 g/mol. The van der Waals surface area contributed by atoms with Crippen LogP contribution in [0.1, 0.15) is 39.5 Å². The zero-order valence-electron chi connectivity index (χ0n) is 15.9. The highest BCUT2D eigenvalue weighted by atomic mass is 16.3. The van der Waals surface area contributed by atoms with Crippen LogP contribution in [-0.2, 0) is 0 Å². The molecule has 4 heteroatoms. The SMILES string of the molecule is CC1CC(C)CC(CCN(C)CC(O)CN2CCN(C)CC2)C1. The zero-order valence-corrected chi connectivity index (χ0v) is 15.9. The smallest absolute Gasteiger partial charge is 0.0793 e. The van der Waals surface area contributed by atoms with Crippen molar-refractivity contribution < 1.29 is 5.11 Å². The Bertz CT molecular complexity index is 321. The molecule has 4 nitrogen and oxygen atoms in total. The molecule has 0 spiro atoms. The first-order chi connectivity index (χ1) is 10.9.